The van der Waals surface area contributed by atoms with Crippen LogP contribution in [0.3, 0.4) is 0 Å². The topological polar surface area (TPSA) is 84.3 Å². The molecular formula is C21H19N3O3. The second kappa shape index (κ2) is 8.73. The number of nitro benzene ring substituents is 1. The number of nitrogens with zero attached hydrogens (tertiary/aromatic N) is 1. The van der Waals surface area contributed by atoms with E-state index in [4.69, 9.17) is 0 Å². The third kappa shape index (κ3) is 4.99. The fourth-order valence-corrected chi connectivity index (χ4v) is 2.70. The van der Waals surface area contributed by atoms with Gasteiger partial charge in [-0.05, 0) is 23.3 Å². The van der Waals surface area contributed by atoms with Crippen molar-refractivity contribution in [3.8, 4) is 0 Å². The van der Waals surface area contributed by atoms with Gasteiger partial charge in [0.15, 0.2) is 0 Å². The van der Waals surface area contributed by atoms with E-state index in [1.165, 1.54) is 12.1 Å². The van der Waals surface area contributed by atoms with Crippen LogP contribution in [0.2, 0.25) is 0 Å². The molecule has 1 amide bonds. The van der Waals surface area contributed by atoms with E-state index >= 15 is 0 Å². The number of hydrogen-bond acceptors (Lipinski definition) is 4. The van der Waals surface area contributed by atoms with Crippen molar-refractivity contribution in [2.45, 2.75) is 12.6 Å². The van der Waals surface area contributed by atoms with Crippen LogP contribution in [0.15, 0.2) is 84.9 Å². The van der Waals surface area contributed by atoms with Crippen LogP contribution in [0, 0.1) is 10.1 Å². The molecule has 6 nitrogen and oxygen atoms in total. The van der Waals surface area contributed by atoms with Crippen molar-refractivity contribution in [1.29, 1.82) is 0 Å². The first-order chi connectivity index (χ1) is 13.1. The smallest absolute Gasteiger partial charge is 0.269 e. The minimum absolute atomic E-state index is 0.0418. The van der Waals surface area contributed by atoms with Crippen molar-refractivity contribution in [3.05, 3.63) is 106 Å². The predicted octanol–water partition coefficient (Wildman–Crippen LogP) is 4.06. The lowest BCUT2D eigenvalue weighted by molar-refractivity contribution is -0.384. The van der Waals surface area contributed by atoms with Gasteiger partial charge in [0, 0.05) is 24.4 Å². The number of carbonyl (C=O) groups is 1. The van der Waals surface area contributed by atoms with Crippen LogP contribution >= 0.6 is 0 Å². The van der Waals surface area contributed by atoms with E-state index in [1.807, 2.05) is 60.7 Å². The van der Waals surface area contributed by atoms with Gasteiger partial charge in [0.1, 0.15) is 6.04 Å². The SMILES string of the molecule is O=C(Nc1ccccc1)C(NCc1ccc([N+](=O)[O-])cc1)c1ccccc1. The first-order valence-corrected chi connectivity index (χ1v) is 8.51. The summed E-state index contributed by atoms with van der Waals surface area (Å²) in [7, 11) is 0. The molecule has 0 saturated heterocycles. The Labute approximate surface area is 157 Å². The van der Waals surface area contributed by atoms with Crippen LogP contribution in [0.1, 0.15) is 17.2 Å². The van der Waals surface area contributed by atoms with Crippen molar-refractivity contribution in [2.75, 3.05) is 5.32 Å². The maximum absolute atomic E-state index is 12.8. The normalized spacial score (nSPS) is 11.6. The van der Waals surface area contributed by atoms with Crippen molar-refractivity contribution >= 4 is 17.3 Å². The van der Waals surface area contributed by atoms with Gasteiger partial charge < -0.3 is 5.32 Å². The number of anilines is 1. The largest absolute Gasteiger partial charge is 0.324 e. The molecule has 0 fully saturated rings. The second-order valence-electron chi connectivity index (χ2n) is 6.00. The van der Waals surface area contributed by atoms with Gasteiger partial charge in [0.2, 0.25) is 5.91 Å². The molecule has 0 aliphatic rings. The predicted molar refractivity (Wildman–Crippen MR) is 104 cm³/mol. The minimum atomic E-state index is -0.554. The molecule has 0 aliphatic carbocycles. The first kappa shape index (κ1) is 18.3. The fraction of sp³-hybridized carbons (Fsp3) is 0.0952. The van der Waals surface area contributed by atoms with E-state index in [0.717, 1.165) is 16.8 Å². The average Bonchev–Trinajstić information content (AvgIpc) is 2.70. The molecule has 1 unspecified atom stereocenters. The average molecular weight is 361 g/mol. The van der Waals surface area contributed by atoms with Gasteiger partial charge in [-0.15, -0.1) is 0 Å². The van der Waals surface area contributed by atoms with Crippen LogP contribution < -0.4 is 10.6 Å². The van der Waals surface area contributed by atoms with E-state index in [9.17, 15) is 14.9 Å². The summed E-state index contributed by atoms with van der Waals surface area (Å²) in [5.74, 6) is -0.172. The zero-order valence-electron chi connectivity index (χ0n) is 14.5. The van der Waals surface area contributed by atoms with E-state index in [-0.39, 0.29) is 11.6 Å². The van der Waals surface area contributed by atoms with Gasteiger partial charge in [-0.2, -0.15) is 0 Å². The first-order valence-electron chi connectivity index (χ1n) is 8.51. The zero-order valence-corrected chi connectivity index (χ0v) is 14.5. The number of non-ortho nitro benzene ring substituents is 1. The molecule has 3 aromatic carbocycles. The molecule has 136 valence electrons. The highest BCUT2D eigenvalue weighted by atomic mass is 16.6. The highest BCUT2D eigenvalue weighted by Crippen LogP contribution is 2.18. The summed E-state index contributed by atoms with van der Waals surface area (Å²) in [4.78, 5) is 23.1. The maximum Gasteiger partial charge on any atom is 0.269 e. The molecule has 2 N–H and O–H groups in total. The number of hydrogen-bond donors (Lipinski definition) is 2. The van der Waals surface area contributed by atoms with Crippen LogP contribution in [0.4, 0.5) is 11.4 Å². The second-order valence-corrected chi connectivity index (χ2v) is 6.00. The fourth-order valence-electron chi connectivity index (χ4n) is 2.70. The summed E-state index contributed by atoms with van der Waals surface area (Å²) >= 11 is 0. The minimum Gasteiger partial charge on any atom is -0.324 e. The Hall–Kier alpha value is -3.51. The quantitative estimate of drug-likeness (QED) is 0.491. The number of rotatable bonds is 7. The summed E-state index contributed by atoms with van der Waals surface area (Å²) in [5, 5.41) is 16.9. The number of nitrogens with one attached hydrogen (secondary N) is 2. The summed E-state index contributed by atoms with van der Waals surface area (Å²) < 4.78 is 0. The van der Waals surface area contributed by atoms with Crippen LogP contribution in [-0.4, -0.2) is 10.8 Å². The highest BCUT2D eigenvalue weighted by molar-refractivity contribution is 5.95. The molecule has 3 rings (SSSR count). The molecule has 0 saturated carbocycles. The van der Waals surface area contributed by atoms with Crippen LogP contribution in [0.5, 0.6) is 0 Å². The molecule has 0 radical (unpaired) electrons. The highest BCUT2D eigenvalue weighted by Gasteiger charge is 2.20. The van der Waals surface area contributed by atoms with Gasteiger partial charge >= 0.3 is 0 Å². The monoisotopic (exact) mass is 361 g/mol. The summed E-state index contributed by atoms with van der Waals surface area (Å²) in [6.07, 6.45) is 0. The van der Waals surface area contributed by atoms with Gasteiger partial charge in [-0.25, -0.2) is 0 Å². The molecule has 0 spiro atoms. The van der Waals surface area contributed by atoms with E-state index in [2.05, 4.69) is 10.6 Å². The van der Waals surface area contributed by atoms with Gasteiger partial charge in [0.25, 0.3) is 5.69 Å². The molecule has 3 aromatic rings. The Bertz CT molecular complexity index is 897. The van der Waals surface area contributed by atoms with Gasteiger partial charge in [-0.1, -0.05) is 60.7 Å². The van der Waals surface area contributed by atoms with Crippen molar-refractivity contribution in [3.63, 3.8) is 0 Å². The molecule has 0 bridgehead atoms. The maximum atomic E-state index is 12.8. The Kier molecular flexibility index (Phi) is 5.91. The number of amides is 1. The number of nitro groups is 1. The van der Waals surface area contributed by atoms with E-state index < -0.39 is 11.0 Å². The molecule has 27 heavy (non-hydrogen) atoms. The third-order valence-corrected chi connectivity index (χ3v) is 4.09. The lowest BCUT2D eigenvalue weighted by Crippen LogP contribution is -2.32. The molecule has 6 heteroatoms. The molecule has 0 heterocycles. The van der Waals surface area contributed by atoms with E-state index in [1.54, 1.807) is 12.1 Å². The van der Waals surface area contributed by atoms with Crippen molar-refractivity contribution in [1.82, 2.24) is 5.32 Å². The summed E-state index contributed by atoms with van der Waals surface area (Å²) in [5.41, 5.74) is 2.46. The Morgan fingerprint density at radius 3 is 2.07 bits per heavy atom. The Morgan fingerprint density at radius 1 is 0.889 bits per heavy atom. The molecule has 0 aliphatic heterocycles. The Balaban J connectivity index is 1.74. The van der Waals surface area contributed by atoms with E-state index in [0.29, 0.717) is 6.54 Å². The number of carbonyl (C=O) groups excluding carboxylic acids is 1. The zero-order chi connectivity index (χ0) is 19.1. The van der Waals surface area contributed by atoms with Crippen LogP contribution in [-0.2, 0) is 11.3 Å². The lowest BCUT2D eigenvalue weighted by atomic mass is 10.1. The van der Waals surface area contributed by atoms with Crippen molar-refractivity contribution < 1.29 is 9.72 Å². The number of para-hydroxylation sites is 1. The van der Waals surface area contributed by atoms with Gasteiger partial charge in [-0.3, -0.25) is 20.2 Å². The molecule has 0 aromatic heterocycles. The lowest BCUT2D eigenvalue weighted by Gasteiger charge is -2.19. The van der Waals surface area contributed by atoms with Crippen molar-refractivity contribution in [2.24, 2.45) is 0 Å². The molecule has 1 atom stereocenters. The Morgan fingerprint density at radius 2 is 1.48 bits per heavy atom. The third-order valence-electron chi connectivity index (χ3n) is 4.09. The summed E-state index contributed by atoms with van der Waals surface area (Å²) in [6, 6.07) is 24.4. The van der Waals surface area contributed by atoms with Crippen LogP contribution in [0.25, 0.3) is 0 Å². The van der Waals surface area contributed by atoms with Gasteiger partial charge in [0.05, 0.1) is 4.92 Å². The standard InChI is InChI=1S/C21H19N3O3/c25-21(23-18-9-5-2-6-10-18)20(17-7-3-1-4-8-17)22-15-16-11-13-19(14-12-16)24(26)27/h1-14,20,22H,15H2,(H,23,25). The summed E-state index contributed by atoms with van der Waals surface area (Å²) in [6.45, 7) is 0.403. The molecular weight excluding hydrogens is 342 g/mol. The number of benzene rings is 3.